The summed E-state index contributed by atoms with van der Waals surface area (Å²) in [7, 11) is 1.20. The molecule has 1 aromatic rings. The SMILES string of the molecule is COC(=O)c1cc(NC(=O)C2CC3CCCCC3N2)cc([N+](=O)[O-])c1.Cl. The number of methoxy groups -OCH3 is 1. The van der Waals surface area contributed by atoms with Crippen LogP contribution in [0.5, 0.6) is 0 Å². The van der Waals surface area contributed by atoms with Gasteiger partial charge in [0.25, 0.3) is 5.69 Å². The molecule has 2 fully saturated rings. The molecule has 1 amide bonds. The summed E-state index contributed by atoms with van der Waals surface area (Å²) in [5.41, 5.74) is -0.0254. The zero-order chi connectivity index (χ0) is 18.0. The Morgan fingerprint density at radius 1 is 1.27 bits per heavy atom. The number of carbonyl (C=O) groups excluding carboxylic acids is 2. The number of rotatable bonds is 4. The zero-order valence-electron chi connectivity index (χ0n) is 14.4. The number of hydrogen-bond donors (Lipinski definition) is 2. The summed E-state index contributed by atoms with van der Waals surface area (Å²) in [6.07, 6.45) is 5.36. The van der Waals surface area contributed by atoms with E-state index in [1.807, 2.05) is 0 Å². The van der Waals surface area contributed by atoms with Crippen molar-refractivity contribution in [2.24, 2.45) is 5.92 Å². The molecule has 1 heterocycles. The number of nitro groups is 1. The third-order valence-corrected chi connectivity index (χ3v) is 5.00. The smallest absolute Gasteiger partial charge is 0.338 e. The van der Waals surface area contributed by atoms with Gasteiger partial charge in [-0.05, 0) is 31.2 Å². The average molecular weight is 384 g/mol. The van der Waals surface area contributed by atoms with Crippen molar-refractivity contribution >= 4 is 35.7 Å². The van der Waals surface area contributed by atoms with Gasteiger partial charge in [0.15, 0.2) is 0 Å². The number of nitrogens with one attached hydrogen (secondary N) is 2. The van der Waals surface area contributed by atoms with Crippen molar-refractivity contribution in [3.8, 4) is 0 Å². The number of nitrogens with zero attached hydrogens (tertiary/aromatic N) is 1. The summed E-state index contributed by atoms with van der Waals surface area (Å²) < 4.78 is 4.61. The second-order valence-electron chi connectivity index (χ2n) is 6.61. The summed E-state index contributed by atoms with van der Waals surface area (Å²) in [6, 6.07) is 3.82. The molecule has 142 valence electrons. The van der Waals surface area contributed by atoms with Crippen molar-refractivity contribution in [3.63, 3.8) is 0 Å². The molecule has 2 aliphatic rings. The van der Waals surface area contributed by atoms with Crippen LogP contribution < -0.4 is 10.6 Å². The molecule has 9 heteroatoms. The van der Waals surface area contributed by atoms with Crippen molar-refractivity contribution in [1.29, 1.82) is 0 Å². The number of non-ortho nitro benzene ring substituents is 1. The molecule has 3 unspecified atom stereocenters. The highest BCUT2D eigenvalue weighted by atomic mass is 35.5. The second kappa shape index (κ2) is 8.46. The van der Waals surface area contributed by atoms with Gasteiger partial charge >= 0.3 is 5.97 Å². The molecule has 0 spiro atoms. The highest BCUT2D eigenvalue weighted by Gasteiger charge is 2.38. The van der Waals surface area contributed by atoms with Crippen molar-refractivity contribution in [2.45, 2.75) is 44.2 Å². The van der Waals surface area contributed by atoms with Crippen LogP contribution in [0.15, 0.2) is 18.2 Å². The summed E-state index contributed by atoms with van der Waals surface area (Å²) >= 11 is 0. The van der Waals surface area contributed by atoms with Crippen molar-refractivity contribution in [3.05, 3.63) is 33.9 Å². The number of esters is 1. The molecule has 26 heavy (non-hydrogen) atoms. The normalized spacial score (nSPS) is 24.1. The molecule has 1 saturated heterocycles. The molecule has 0 aromatic heterocycles. The minimum Gasteiger partial charge on any atom is -0.465 e. The number of hydrogen-bond acceptors (Lipinski definition) is 6. The fourth-order valence-corrected chi connectivity index (χ4v) is 3.77. The maximum absolute atomic E-state index is 12.5. The number of benzene rings is 1. The van der Waals surface area contributed by atoms with Crippen LogP contribution in [-0.4, -0.2) is 36.0 Å². The van der Waals surface area contributed by atoms with Gasteiger partial charge in [0.1, 0.15) is 0 Å². The van der Waals surface area contributed by atoms with Crippen LogP contribution >= 0.6 is 12.4 Å². The maximum atomic E-state index is 12.5. The third-order valence-electron chi connectivity index (χ3n) is 5.00. The number of anilines is 1. The number of nitro benzene ring substituents is 1. The van der Waals surface area contributed by atoms with E-state index in [0.29, 0.717) is 12.0 Å². The van der Waals surface area contributed by atoms with Crippen molar-refractivity contribution in [2.75, 3.05) is 12.4 Å². The van der Waals surface area contributed by atoms with Crippen LogP contribution in [0.3, 0.4) is 0 Å². The summed E-state index contributed by atoms with van der Waals surface area (Å²) in [5, 5.41) is 17.1. The van der Waals surface area contributed by atoms with E-state index in [1.54, 1.807) is 0 Å². The van der Waals surface area contributed by atoms with Gasteiger partial charge in [0.2, 0.25) is 5.91 Å². The first-order valence-electron chi connectivity index (χ1n) is 8.42. The molecule has 1 aliphatic carbocycles. The monoisotopic (exact) mass is 383 g/mol. The van der Waals surface area contributed by atoms with Gasteiger partial charge in [-0.1, -0.05) is 12.8 Å². The van der Waals surface area contributed by atoms with E-state index in [0.717, 1.165) is 25.3 Å². The average Bonchev–Trinajstić information content (AvgIpc) is 3.05. The Kier molecular flexibility index (Phi) is 6.55. The number of fused-ring (bicyclic) bond motifs is 1. The van der Waals surface area contributed by atoms with Gasteiger partial charge in [0.05, 0.1) is 23.6 Å². The van der Waals surface area contributed by atoms with Gasteiger partial charge in [-0.15, -0.1) is 12.4 Å². The Balaban J connectivity index is 0.00000243. The zero-order valence-corrected chi connectivity index (χ0v) is 15.2. The Bertz CT molecular complexity index is 698. The van der Waals surface area contributed by atoms with E-state index in [4.69, 9.17) is 0 Å². The molecule has 1 saturated carbocycles. The van der Waals surface area contributed by atoms with Crippen LogP contribution in [0.4, 0.5) is 11.4 Å². The maximum Gasteiger partial charge on any atom is 0.338 e. The fourth-order valence-electron chi connectivity index (χ4n) is 3.77. The lowest BCUT2D eigenvalue weighted by Crippen LogP contribution is -2.39. The highest BCUT2D eigenvalue weighted by molar-refractivity contribution is 5.97. The van der Waals surface area contributed by atoms with Gasteiger partial charge < -0.3 is 15.4 Å². The Labute approximate surface area is 157 Å². The minimum absolute atomic E-state index is 0. The molecule has 1 aliphatic heterocycles. The van der Waals surface area contributed by atoms with E-state index < -0.39 is 10.9 Å². The summed E-state index contributed by atoms with van der Waals surface area (Å²) in [6.45, 7) is 0. The summed E-state index contributed by atoms with van der Waals surface area (Å²) in [4.78, 5) is 34.7. The van der Waals surface area contributed by atoms with Crippen LogP contribution in [0.25, 0.3) is 0 Å². The number of halogens is 1. The fraction of sp³-hybridized carbons (Fsp3) is 0.529. The van der Waals surface area contributed by atoms with Crippen LogP contribution in [0.2, 0.25) is 0 Å². The lowest BCUT2D eigenvalue weighted by molar-refractivity contribution is -0.384. The van der Waals surface area contributed by atoms with Crippen molar-refractivity contribution < 1.29 is 19.2 Å². The van der Waals surface area contributed by atoms with Gasteiger partial charge in [-0.25, -0.2) is 4.79 Å². The molecular weight excluding hydrogens is 362 g/mol. The molecule has 3 atom stereocenters. The molecule has 0 radical (unpaired) electrons. The molecule has 2 N–H and O–H groups in total. The first kappa shape index (κ1) is 20.1. The Morgan fingerprint density at radius 2 is 2.00 bits per heavy atom. The second-order valence-corrected chi connectivity index (χ2v) is 6.61. The summed E-state index contributed by atoms with van der Waals surface area (Å²) in [5.74, 6) is -0.407. The third kappa shape index (κ3) is 4.31. The van der Waals surface area contributed by atoms with E-state index in [-0.39, 0.29) is 41.3 Å². The number of amides is 1. The molecule has 0 bridgehead atoms. The molecule has 1 aromatic carbocycles. The van der Waals surface area contributed by atoms with Crippen molar-refractivity contribution in [1.82, 2.24) is 5.32 Å². The van der Waals surface area contributed by atoms with E-state index in [1.165, 1.54) is 32.1 Å². The standard InChI is InChI=1S/C17H21N3O5.ClH/c1-25-17(22)11-6-12(9-13(7-11)20(23)24)18-16(21)15-8-10-4-2-3-5-14(10)19-15;/h6-7,9-10,14-15,19H,2-5,8H2,1H3,(H,18,21);1H. The Hall–Kier alpha value is -2.19. The topological polar surface area (TPSA) is 111 Å². The van der Waals surface area contributed by atoms with E-state index in [9.17, 15) is 19.7 Å². The molecule has 8 nitrogen and oxygen atoms in total. The van der Waals surface area contributed by atoms with E-state index >= 15 is 0 Å². The van der Waals surface area contributed by atoms with Crippen LogP contribution in [-0.2, 0) is 9.53 Å². The lowest BCUT2D eigenvalue weighted by atomic mass is 9.85. The van der Waals surface area contributed by atoms with E-state index in [2.05, 4.69) is 15.4 Å². The Morgan fingerprint density at radius 3 is 2.65 bits per heavy atom. The molecular formula is C17H22ClN3O5. The first-order chi connectivity index (χ1) is 12.0. The molecule has 3 rings (SSSR count). The first-order valence-corrected chi connectivity index (χ1v) is 8.42. The lowest BCUT2D eigenvalue weighted by Gasteiger charge is -2.24. The minimum atomic E-state index is -0.691. The predicted octanol–water partition coefficient (Wildman–Crippen LogP) is 2.66. The highest BCUT2D eigenvalue weighted by Crippen LogP contribution is 2.33. The van der Waals surface area contributed by atoms with Gasteiger partial charge in [-0.3, -0.25) is 14.9 Å². The predicted molar refractivity (Wildman–Crippen MR) is 97.6 cm³/mol. The van der Waals surface area contributed by atoms with Crippen LogP contribution in [0, 0.1) is 16.0 Å². The largest absolute Gasteiger partial charge is 0.465 e. The van der Waals surface area contributed by atoms with Gasteiger partial charge in [-0.2, -0.15) is 0 Å². The number of ether oxygens (including phenoxy) is 1. The van der Waals surface area contributed by atoms with Crippen LogP contribution in [0.1, 0.15) is 42.5 Å². The number of carbonyl (C=O) groups is 2. The van der Waals surface area contributed by atoms with Gasteiger partial charge in [0, 0.05) is 23.9 Å². The quantitative estimate of drug-likeness (QED) is 0.469.